The summed E-state index contributed by atoms with van der Waals surface area (Å²) in [6.45, 7) is 1.59. The zero-order valence-electron chi connectivity index (χ0n) is 16.9. The maximum absolute atomic E-state index is 11.9. The predicted octanol–water partition coefficient (Wildman–Crippen LogP) is 4.12. The molecule has 1 N–H and O–H groups in total. The van der Waals surface area contributed by atoms with Crippen LogP contribution in [0.25, 0.3) is 22.1 Å². The molecule has 0 saturated heterocycles. The number of fused-ring (bicyclic) bond motifs is 2. The number of imidazole rings is 1. The molecule has 1 aromatic carbocycles. The molecule has 1 aliphatic rings. The van der Waals surface area contributed by atoms with Crippen LogP contribution in [0.2, 0.25) is 0 Å². The van der Waals surface area contributed by atoms with Crippen LogP contribution in [0.15, 0.2) is 42.9 Å². The van der Waals surface area contributed by atoms with E-state index in [-0.39, 0.29) is 0 Å². The van der Waals surface area contributed by atoms with Gasteiger partial charge in [-0.05, 0) is 61.9 Å². The summed E-state index contributed by atoms with van der Waals surface area (Å²) in [5, 5.41) is 1.19. The second kappa shape index (κ2) is 7.82. The molecule has 0 amide bonds. The molecule has 3 heterocycles. The minimum Gasteiger partial charge on any atom is -0.491 e. The Hall–Kier alpha value is -3.35. The van der Waals surface area contributed by atoms with E-state index in [2.05, 4.69) is 31.7 Å². The lowest BCUT2D eigenvalue weighted by Gasteiger charge is -2.11. The summed E-state index contributed by atoms with van der Waals surface area (Å²) in [6, 6.07) is 9.77. The molecule has 0 aliphatic heterocycles. The number of aryl methyl sites for hydroxylation is 1. The summed E-state index contributed by atoms with van der Waals surface area (Å²) in [6.07, 6.45) is 7.85. The van der Waals surface area contributed by atoms with Gasteiger partial charge in [-0.15, -0.1) is 0 Å². The number of H-pyrrole nitrogens is 1. The molecule has 30 heavy (non-hydrogen) atoms. The fraction of sp³-hybridized carbons (Fsp3) is 0.348. The van der Waals surface area contributed by atoms with Crippen molar-refractivity contribution >= 4 is 28.0 Å². The van der Waals surface area contributed by atoms with E-state index in [1.165, 1.54) is 31.0 Å². The van der Waals surface area contributed by atoms with E-state index in [9.17, 15) is 4.79 Å². The third kappa shape index (κ3) is 3.63. The molecular formula is C23H24N4O3. The topological polar surface area (TPSA) is 82.0 Å². The Morgan fingerprint density at radius 3 is 3.00 bits per heavy atom. The highest BCUT2D eigenvalue weighted by atomic mass is 16.5. The SMILES string of the molecule is COC(=O)c1cc(OCCCc2cc3cccnc3n2CC2CC2)c2[nH]cnc2c1. The minimum absolute atomic E-state index is 0.401. The van der Waals surface area contributed by atoms with Crippen LogP contribution in [-0.4, -0.2) is 39.2 Å². The third-order valence-electron chi connectivity index (χ3n) is 5.63. The zero-order valence-corrected chi connectivity index (χ0v) is 16.9. The molecule has 0 spiro atoms. The Morgan fingerprint density at radius 2 is 2.17 bits per heavy atom. The van der Waals surface area contributed by atoms with E-state index in [4.69, 9.17) is 9.47 Å². The van der Waals surface area contributed by atoms with Gasteiger partial charge in [0.1, 0.15) is 16.9 Å². The monoisotopic (exact) mass is 404 g/mol. The van der Waals surface area contributed by atoms with Crippen LogP contribution in [0.1, 0.15) is 35.3 Å². The quantitative estimate of drug-likeness (QED) is 0.353. The van der Waals surface area contributed by atoms with Crippen molar-refractivity contribution in [2.75, 3.05) is 13.7 Å². The predicted molar refractivity (Wildman–Crippen MR) is 114 cm³/mol. The smallest absolute Gasteiger partial charge is 0.338 e. The molecule has 0 atom stereocenters. The Labute approximate surface area is 174 Å². The van der Waals surface area contributed by atoms with E-state index >= 15 is 0 Å². The molecule has 0 radical (unpaired) electrons. The summed E-state index contributed by atoms with van der Waals surface area (Å²) < 4.78 is 13.2. The highest BCUT2D eigenvalue weighted by molar-refractivity contribution is 5.95. The van der Waals surface area contributed by atoms with Gasteiger partial charge < -0.3 is 19.0 Å². The summed E-state index contributed by atoms with van der Waals surface area (Å²) in [5.74, 6) is 1.000. The molecule has 154 valence electrons. The number of esters is 1. The first-order valence-electron chi connectivity index (χ1n) is 10.3. The molecule has 0 bridgehead atoms. The van der Waals surface area contributed by atoms with E-state index in [0.717, 1.165) is 36.5 Å². The molecule has 1 aliphatic carbocycles. The normalized spacial score (nSPS) is 13.8. The fourth-order valence-corrected chi connectivity index (χ4v) is 3.91. The molecule has 1 saturated carbocycles. The first-order chi connectivity index (χ1) is 14.7. The van der Waals surface area contributed by atoms with Crippen LogP contribution in [0.5, 0.6) is 5.75 Å². The maximum atomic E-state index is 11.9. The largest absolute Gasteiger partial charge is 0.491 e. The van der Waals surface area contributed by atoms with Crippen molar-refractivity contribution in [2.24, 2.45) is 5.92 Å². The molecule has 7 heteroatoms. The molecule has 4 aromatic rings. The van der Waals surface area contributed by atoms with Crippen LogP contribution in [-0.2, 0) is 17.7 Å². The van der Waals surface area contributed by atoms with Crippen molar-refractivity contribution in [3.8, 4) is 5.75 Å². The number of ether oxygens (including phenoxy) is 2. The van der Waals surface area contributed by atoms with Crippen LogP contribution < -0.4 is 4.74 Å². The first-order valence-corrected chi connectivity index (χ1v) is 10.3. The van der Waals surface area contributed by atoms with Crippen LogP contribution in [0.4, 0.5) is 0 Å². The second-order valence-electron chi connectivity index (χ2n) is 7.82. The Morgan fingerprint density at radius 1 is 1.27 bits per heavy atom. The Balaban J connectivity index is 1.30. The van der Waals surface area contributed by atoms with Crippen molar-refractivity contribution in [1.82, 2.24) is 19.5 Å². The van der Waals surface area contributed by atoms with Crippen LogP contribution in [0, 0.1) is 5.92 Å². The number of pyridine rings is 1. The van der Waals surface area contributed by atoms with E-state index < -0.39 is 5.97 Å². The van der Waals surface area contributed by atoms with Gasteiger partial charge >= 0.3 is 5.97 Å². The fourth-order valence-electron chi connectivity index (χ4n) is 3.91. The Bertz CT molecular complexity index is 1210. The van der Waals surface area contributed by atoms with Gasteiger partial charge in [0.25, 0.3) is 0 Å². The van der Waals surface area contributed by atoms with Gasteiger partial charge in [-0.2, -0.15) is 0 Å². The number of hydrogen-bond acceptors (Lipinski definition) is 5. The van der Waals surface area contributed by atoms with Gasteiger partial charge in [0, 0.05) is 23.8 Å². The number of nitrogens with zero attached hydrogens (tertiary/aromatic N) is 3. The van der Waals surface area contributed by atoms with Crippen molar-refractivity contribution < 1.29 is 14.3 Å². The molecule has 3 aromatic heterocycles. The molecular weight excluding hydrogens is 380 g/mol. The highest BCUT2D eigenvalue weighted by Gasteiger charge is 2.24. The van der Waals surface area contributed by atoms with Gasteiger partial charge in [-0.1, -0.05) is 0 Å². The van der Waals surface area contributed by atoms with Crippen LogP contribution in [0.3, 0.4) is 0 Å². The Kier molecular flexibility index (Phi) is 4.86. The van der Waals surface area contributed by atoms with Crippen LogP contribution >= 0.6 is 0 Å². The molecule has 7 nitrogen and oxygen atoms in total. The lowest BCUT2D eigenvalue weighted by molar-refractivity contribution is 0.0600. The number of carbonyl (C=O) groups is 1. The zero-order chi connectivity index (χ0) is 20.5. The summed E-state index contributed by atoms with van der Waals surface area (Å²) >= 11 is 0. The van der Waals surface area contributed by atoms with Gasteiger partial charge in [0.2, 0.25) is 0 Å². The number of hydrogen-bond donors (Lipinski definition) is 1. The van der Waals surface area contributed by atoms with Gasteiger partial charge in [-0.3, -0.25) is 0 Å². The third-order valence-corrected chi connectivity index (χ3v) is 5.63. The van der Waals surface area contributed by atoms with Crippen molar-refractivity contribution in [3.63, 3.8) is 0 Å². The summed E-state index contributed by atoms with van der Waals surface area (Å²) in [7, 11) is 1.37. The molecule has 1 fully saturated rings. The lowest BCUT2D eigenvalue weighted by Crippen LogP contribution is -2.08. The average Bonchev–Trinajstić information content (AvgIpc) is 3.34. The molecule has 5 rings (SSSR count). The average molecular weight is 404 g/mol. The van der Waals surface area contributed by atoms with E-state index in [0.29, 0.717) is 23.4 Å². The second-order valence-corrected chi connectivity index (χ2v) is 7.82. The molecule has 0 unspecified atom stereocenters. The summed E-state index contributed by atoms with van der Waals surface area (Å²) in [4.78, 5) is 23.9. The highest BCUT2D eigenvalue weighted by Crippen LogP contribution is 2.33. The standard InChI is InChI=1S/C23H24N4O3/c1-29-23(28)17-11-19-21(26-14-25-19)20(12-17)30-9-3-5-18-10-16-4-2-8-24-22(16)27(18)13-15-6-7-15/h2,4,8,10-12,14-15H,3,5-7,9,13H2,1H3,(H,25,26). The number of nitrogens with one attached hydrogen (secondary N) is 1. The van der Waals surface area contributed by atoms with Gasteiger partial charge in [0.05, 0.1) is 31.1 Å². The van der Waals surface area contributed by atoms with Crippen molar-refractivity contribution in [3.05, 3.63) is 54.1 Å². The van der Waals surface area contributed by atoms with E-state index in [1.807, 2.05) is 12.3 Å². The number of methoxy groups -OCH3 is 1. The number of aromatic amines is 1. The number of rotatable bonds is 8. The number of aromatic nitrogens is 4. The van der Waals surface area contributed by atoms with Crippen molar-refractivity contribution in [2.45, 2.75) is 32.2 Å². The minimum atomic E-state index is -0.401. The number of carbonyl (C=O) groups excluding carboxylic acids is 1. The first kappa shape index (κ1) is 18.7. The van der Waals surface area contributed by atoms with E-state index in [1.54, 1.807) is 18.5 Å². The number of benzene rings is 1. The van der Waals surface area contributed by atoms with Gasteiger partial charge in [0.15, 0.2) is 0 Å². The maximum Gasteiger partial charge on any atom is 0.338 e. The van der Waals surface area contributed by atoms with Crippen molar-refractivity contribution in [1.29, 1.82) is 0 Å². The van der Waals surface area contributed by atoms with Gasteiger partial charge in [-0.25, -0.2) is 14.8 Å². The summed E-state index contributed by atoms with van der Waals surface area (Å²) in [5.41, 5.74) is 4.28. The lowest BCUT2D eigenvalue weighted by atomic mass is 10.2.